The minimum Gasteiger partial charge on any atom is -0.386 e. The molecule has 0 aliphatic heterocycles. The highest BCUT2D eigenvalue weighted by molar-refractivity contribution is 6.33. The fourth-order valence-electron chi connectivity index (χ4n) is 1.15. The summed E-state index contributed by atoms with van der Waals surface area (Å²) in [6.07, 6.45) is 0. The van der Waals surface area contributed by atoms with Crippen LogP contribution < -0.4 is 11.1 Å². The molecule has 1 aromatic rings. The average molecular weight is 288 g/mol. The first-order valence-corrected chi connectivity index (χ1v) is 6.34. The van der Waals surface area contributed by atoms with Crippen LogP contribution in [0.3, 0.4) is 0 Å². The normalized spacial score (nSPS) is 11.7. The van der Waals surface area contributed by atoms with E-state index in [9.17, 15) is 4.79 Å². The number of carbonyl (C=O) groups excluding carboxylic acids is 1. The van der Waals surface area contributed by atoms with Crippen LogP contribution in [0, 0.1) is 5.92 Å². The number of nitrogens with one attached hydrogen (secondary N) is 1. The molecule has 0 fully saturated rings. The molecule has 0 saturated heterocycles. The Labute approximate surface area is 116 Å². The molecule has 18 heavy (non-hydrogen) atoms. The number of amidine groups is 1. The molecule has 0 heterocycles. The molecular formula is C12H15Cl2N3O. The van der Waals surface area contributed by atoms with E-state index in [2.05, 4.69) is 10.3 Å². The SMILES string of the molecule is CC(C)C(=O)Nc1ccc(Cl)c(N=C(N)CCl)c1. The topological polar surface area (TPSA) is 67.5 Å². The molecule has 0 aliphatic carbocycles. The summed E-state index contributed by atoms with van der Waals surface area (Å²) < 4.78 is 0. The van der Waals surface area contributed by atoms with Gasteiger partial charge in [-0.3, -0.25) is 4.79 Å². The van der Waals surface area contributed by atoms with E-state index in [-0.39, 0.29) is 23.5 Å². The zero-order chi connectivity index (χ0) is 13.7. The maximum Gasteiger partial charge on any atom is 0.226 e. The van der Waals surface area contributed by atoms with Crippen molar-refractivity contribution in [2.75, 3.05) is 11.2 Å². The molecule has 0 radical (unpaired) electrons. The maximum absolute atomic E-state index is 11.6. The molecule has 0 saturated carbocycles. The first-order valence-electron chi connectivity index (χ1n) is 5.43. The number of alkyl halides is 1. The van der Waals surface area contributed by atoms with E-state index in [1.807, 2.05) is 13.8 Å². The lowest BCUT2D eigenvalue weighted by molar-refractivity contribution is -0.118. The molecule has 0 aliphatic rings. The molecule has 98 valence electrons. The highest BCUT2D eigenvalue weighted by Crippen LogP contribution is 2.28. The van der Waals surface area contributed by atoms with Crippen LogP contribution in [-0.2, 0) is 4.79 Å². The minimum absolute atomic E-state index is 0.0717. The van der Waals surface area contributed by atoms with Gasteiger partial charge in [-0.05, 0) is 18.2 Å². The van der Waals surface area contributed by atoms with Gasteiger partial charge in [-0.25, -0.2) is 4.99 Å². The Morgan fingerprint density at radius 3 is 2.72 bits per heavy atom. The van der Waals surface area contributed by atoms with Crippen molar-refractivity contribution in [2.45, 2.75) is 13.8 Å². The number of nitrogens with two attached hydrogens (primary N) is 1. The zero-order valence-electron chi connectivity index (χ0n) is 10.2. The Hall–Kier alpha value is -1.26. The third-order valence-electron chi connectivity index (χ3n) is 2.14. The number of carbonyl (C=O) groups is 1. The summed E-state index contributed by atoms with van der Waals surface area (Å²) in [4.78, 5) is 15.6. The van der Waals surface area contributed by atoms with Crippen molar-refractivity contribution in [3.8, 4) is 0 Å². The lowest BCUT2D eigenvalue weighted by atomic mass is 10.2. The summed E-state index contributed by atoms with van der Waals surface area (Å²) in [5.41, 5.74) is 6.65. The fraction of sp³-hybridized carbons (Fsp3) is 0.333. The smallest absolute Gasteiger partial charge is 0.226 e. The standard InChI is InChI=1S/C12H15Cl2N3O/c1-7(2)12(18)16-8-3-4-9(14)10(5-8)17-11(15)6-13/h3-5,7H,6H2,1-2H3,(H2,15,17)(H,16,18). The Kier molecular flexibility index (Phi) is 5.44. The lowest BCUT2D eigenvalue weighted by Gasteiger charge is -2.09. The number of rotatable bonds is 4. The van der Waals surface area contributed by atoms with E-state index in [0.29, 0.717) is 16.4 Å². The van der Waals surface area contributed by atoms with Crippen molar-refractivity contribution in [1.29, 1.82) is 0 Å². The Bertz CT molecular complexity index is 472. The van der Waals surface area contributed by atoms with E-state index < -0.39 is 0 Å². The van der Waals surface area contributed by atoms with Gasteiger partial charge in [-0.2, -0.15) is 0 Å². The summed E-state index contributed by atoms with van der Waals surface area (Å²) >= 11 is 11.5. The van der Waals surface area contributed by atoms with Crippen LogP contribution in [0.25, 0.3) is 0 Å². The van der Waals surface area contributed by atoms with Crippen molar-refractivity contribution >= 4 is 46.3 Å². The fourth-order valence-corrected chi connectivity index (χ4v) is 1.37. The van der Waals surface area contributed by atoms with Crippen LogP contribution in [0.15, 0.2) is 23.2 Å². The second-order valence-corrected chi connectivity index (χ2v) is 4.72. The van der Waals surface area contributed by atoms with Crippen molar-refractivity contribution in [1.82, 2.24) is 0 Å². The largest absolute Gasteiger partial charge is 0.386 e. The van der Waals surface area contributed by atoms with E-state index in [1.54, 1.807) is 18.2 Å². The van der Waals surface area contributed by atoms with Gasteiger partial charge in [0.05, 0.1) is 16.6 Å². The molecule has 3 N–H and O–H groups in total. The zero-order valence-corrected chi connectivity index (χ0v) is 11.7. The number of hydrogen-bond acceptors (Lipinski definition) is 2. The van der Waals surface area contributed by atoms with Crippen LogP contribution in [0.4, 0.5) is 11.4 Å². The van der Waals surface area contributed by atoms with Crippen LogP contribution >= 0.6 is 23.2 Å². The molecule has 0 bridgehead atoms. The van der Waals surface area contributed by atoms with Gasteiger partial charge in [-0.1, -0.05) is 25.4 Å². The third kappa shape index (κ3) is 4.20. The van der Waals surface area contributed by atoms with Gasteiger partial charge in [0.15, 0.2) is 0 Å². The van der Waals surface area contributed by atoms with Gasteiger partial charge >= 0.3 is 0 Å². The Morgan fingerprint density at radius 2 is 2.17 bits per heavy atom. The first-order chi connectivity index (χ1) is 8.43. The first kappa shape index (κ1) is 14.8. The number of hydrogen-bond donors (Lipinski definition) is 2. The predicted molar refractivity (Wildman–Crippen MR) is 76.9 cm³/mol. The van der Waals surface area contributed by atoms with E-state index in [4.69, 9.17) is 28.9 Å². The quantitative estimate of drug-likeness (QED) is 0.507. The highest BCUT2D eigenvalue weighted by Gasteiger charge is 2.08. The van der Waals surface area contributed by atoms with Crippen molar-refractivity contribution < 1.29 is 4.79 Å². The van der Waals surface area contributed by atoms with Gasteiger partial charge in [0.25, 0.3) is 0 Å². The molecule has 0 atom stereocenters. The van der Waals surface area contributed by atoms with E-state index in [1.165, 1.54) is 0 Å². The summed E-state index contributed by atoms with van der Waals surface area (Å²) in [5, 5.41) is 3.21. The monoisotopic (exact) mass is 287 g/mol. The van der Waals surface area contributed by atoms with Crippen molar-refractivity contribution in [2.24, 2.45) is 16.6 Å². The molecule has 1 amide bonds. The van der Waals surface area contributed by atoms with E-state index in [0.717, 1.165) is 0 Å². The van der Waals surface area contributed by atoms with Crippen LogP contribution in [0.1, 0.15) is 13.8 Å². The van der Waals surface area contributed by atoms with Gasteiger partial charge < -0.3 is 11.1 Å². The van der Waals surface area contributed by atoms with Gasteiger partial charge in [-0.15, -0.1) is 11.6 Å². The molecule has 0 spiro atoms. The summed E-state index contributed by atoms with van der Waals surface area (Å²) in [7, 11) is 0. The summed E-state index contributed by atoms with van der Waals surface area (Å²) in [5.74, 6) is 0.225. The predicted octanol–water partition coefficient (Wildman–Crippen LogP) is 3.16. The van der Waals surface area contributed by atoms with Crippen LogP contribution in [-0.4, -0.2) is 17.6 Å². The summed E-state index contributed by atoms with van der Waals surface area (Å²) in [6.45, 7) is 3.63. The highest BCUT2D eigenvalue weighted by atomic mass is 35.5. The molecular weight excluding hydrogens is 273 g/mol. The number of amides is 1. The number of halogens is 2. The third-order valence-corrected chi connectivity index (χ3v) is 2.73. The maximum atomic E-state index is 11.6. The van der Waals surface area contributed by atoms with Crippen LogP contribution in [0.5, 0.6) is 0 Å². The molecule has 0 aromatic heterocycles. The van der Waals surface area contributed by atoms with Gasteiger partial charge in [0.2, 0.25) is 5.91 Å². The lowest BCUT2D eigenvalue weighted by Crippen LogP contribution is -2.17. The van der Waals surface area contributed by atoms with Gasteiger partial charge in [0, 0.05) is 11.6 Å². The number of nitrogens with zero attached hydrogens (tertiary/aromatic N) is 1. The second kappa shape index (κ2) is 6.61. The molecule has 6 heteroatoms. The van der Waals surface area contributed by atoms with Crippen molar-refractivity contribution in [3.05, 3.63) is 23.2 Å². The number of benzene rings is 1. The van der Waals surface area contributed by atoms with E-state index >= 15 is 0 Å². The molecule has 1 aromatic carbocycles. The minimum atomic E-state index is -0.0967. The molecule has 4 nitrogen and oxygen atoms in total. The number of aliphatic imine (C=N–C) groups is 1. The number of anilines is 1. The van der Waals surface area contributed by atoms with Crippen LogP contribution in [0.2, 0.25) is 5.02 Å². The summed E-state index contributed by atoms with van der Waals surface area (Å²) in [6, 6.07) is 5.01. The second-order valence-electron chi connectivity index (χ2n) is 4.05. The average Bonchev–Trinajstić information content (AvgIpc) is 2.33. The molecule has 0 unspecified atom stereocenters. The van der Waals surface area contributed by atoms with Crippen molar-refractivity contribution in [3.63, 3.8) is 0 Å². The Balaban J connectivity index is 2.97. The van der Waals surface area contributed by atoms with Gasteiger partial charge in [0.1, 0.15) is 5.84 Å². The molecule has 1 rings (SSSR count). The Morgan fingerprint density at radius 1 is 1.50 bits per heavy atom.